The lowest BCUT2D eigenvalue weighted by molar-refractivity contribution is 0.0696. The van der Waals surface area contributed by atoms with Gasteiger partial charge in [-0.3, -0.25) is 9.13 Å². The van der Waals surface area contributed by atoms with Crippen molar-refractivity contribution < 1.29 is 19.7 Å². The summed E-state index contributed by atoms with van der Waals surface area (Å²) in [5.41, 5.74) is 5.17. The Morgan fingerprint density at radius 1 is 1.00 bits per heavy atom. The summed E-state index contributed by atoms with van der Waals surface area (Å²) in [5, 5.41) is 23.0. The molecule has 1 heterocycles. The van der Waals surface area contributed by atoms with Crippen LogP contribution in [0.3, 0.4) is 0 Å². The standard InChI is InChI=1S/C26H27N3O5/c1-16-12-19(25(31)32)6-10-21(16)27-14-17-4-8-20(9-5-17)34-15-24(30)18-7-11-22-23(13-18)29(3)26(33)28(22)2/h4-13,24,27,30H,14-15H2,1-3H3,(H,31,32). The number of aliphatic hydroxyl groups is 1. The Balaban J connectivity index is 1.35. The molecule has 0 aliphatic carbocycles. The maximum absolute atomic E-state index is 12.1. The molecule has 0 radical (unpaired) electrons. The molecule has 1 aromatic heterocycles. The highest BCUT2D eigenvalue weighted by atomic mass is 16.5. The van der Waals surface area contributed by atoms with Crippen molar-refractivity contribution in [3.05, 3.63) is 93.4 Å². The topological polar surface area (TPSA) is 106 Å². The number of hydrogen-bond donors (Lipinski definition) is 3. The number of carboxylic acid groups (broad SMARTS) is 1. The van der Waals surface area contributed by atoms with E-state index < -0.39 is 12.1 Å². The van der Waals surface area contributed by atoms with Gasteiger partial charge in [0.2, 0.25) is 0 Å². The highest BCUT2D eigenvalue weighted by Crippen LogP contribution is 2.22. The lowest BCUT2D eigenvalue weighted by atomic mass is 10.1. The van der Waals surface area contributed by atoms with Crippen LogP contribution in [0.25, 0.3) is 11.0 Å². The number of nitrogens with one attached hydrogen (secondary N) is 1. The second-order valence-corrected chi connectivity index (χ2v) is 8.31. The molecule has 8 nitrogen and oxygen atoms in total. The number of imidazole rings is 1. The highest BCUT2D eigenvalue weighted by molar-refractivity contribution is 5.88. The number of hydrogen-bond acceptors (Lipinski definition) is 5. The van der Waals surface area contributed by atoms with E-state index in [1.54, 1.807) is 47.5 Å². The van der Waals surface area contributed by atoms with Gasteiger partial charge >= 0.3 is 11.7 Å². The van der Waals surface area contributed by atoms with Gasteiger partial charge in [0.05, 0.1) is 16.6 Å². The van der Waals surface area contributed by atoms with Gasteiger partial charge in [0.25, 0.3) is 0 Å². The van der Waals surface area contributed by atoms with Crippen molar-refractivity contribution in [2.24, 2.45) is 14.1 Å². The van der Waals surface area contributed by atoms with Gasteiger partial charge < -0.3 is 20.3 Å². The fourth-order valence-electron chi connectivity index (χ4n) is 3.90. The third-order valence-corrected chi connectivity index (χ3v) is 5.97. The summed E-state index contributed by atoms with van der Waals surface area (Å²) < 4.78 is 8.90. The smallest absolute Gasteiger partial charge is 0.335 e. The molecule has 3 N–H and O–H groups in total. The van der Waals surface area contributed by atoms with Crippen molar-refractivity contribution >= 4 is 22.7 Å². The Hall–Kier alpha value is -4.04. The Bertz CT molecular complexity index is 1400. The van der Waals surface area contributed by atoms with Crippen LogP contribution < -0.4 is 15.7 Å². The van der Waals surface area contributed by atoms with Crippen LogP contribution in [0.4, 0.5) is 5.69 Å². The Morgan fingerprint density at radius 3 is 2.38 bits per heavy atom. The second-order valence-electron chi connectivity index (χ2n) is 8.31. The molecule has 1 unspecified atom stereocenters. The number of aliphatic hydroxyl groups excluding tert-OH is 1. The van der Waals surface area contributed by atoms with Gasteiger partial charge in [-0.1, -0.05) is 18.2 Å². The Kier molecular flexibility index (Phi) is 6.43. The number of carbonyl (C=O) groups is 1. The third-order valence-electron chi connectivity index (χ3n) is 5.97. The summed E-state index contributed by atoms with van der Waals surface area (Å²) >= 11 is 0. The predicted octanol–water partition coefficient (Wildman–Crippen LogP) is 3.61. The zero-order chi connectivity index (χ0) is 24.4. The van der Waals surface area contributed by atoms with Crippen molar-refractivity contribution in [3.8, 4) is 5.75 Å². The van der Waals surface area contributed by atoms with Crippen molar-refractivity contribution in [1.29, 1.82) is 0 Å². The molecule has 0 spiro atoms. The van der Waals surface area contributed by atoms with E-state index in [4.69, 9.17) is 9.84 Å². The number of aryl methyl sites for hydroxylation is 3. The molecule has 0 aliphatic heterocycles. The number of aromatic carboxylic acids is 1. The van der Waals surface area contributed by atoms with Crippen LogP contribution >= 0.6 is 0 Å². The number of aromatic nitrogens is 2. The lowest BCUT2D eigenvalue weighted by Gasteiger charge is -2.14. The minimum Gasteiger partial charge on any atom is -0.491 e. The van der Waals surface area contributed by atoms with Crippen LogP contribution in [-0.2, 0) is 20.6 Å². The number of fused-ring (bicyclic) bond motifs is 1. The van der Waals surface area contributed by atoms with Crippen LogP contribution in [0.1, 0.15) is 33.2 Å². The van der Waals surface area contributed by atoms with Gasteiger partial charge in [-0.2, -0.15) is 0 Å². The van der Waals surface area contributed by atoms with E-state index in [9.17, 15) is 14.7 Å². The second kappa shape index (κ2) is 9.44. The third kappa shape index (κ3) is 4.67. The van der Waals surface area contributed by atoms with Gasteiger partial charge in [-0.05, 0) is 66.1 Å². The molecule has 0 fully saturated rings. The van der Waals surface area contributed by atoms with E-state index in [1.165, 1.54) is 0 Å². The summed E-state index contributed by atoms with van der Waals surface area (Å²) in [6.45, 7) is 2.52. The first-order valence-electron chi connectivity index (χ1n) is 10.9. The molecule has 0 saturated carbocycles. The predicted molar refractivity (Wildman–Crippen MR) is 131 cm³/mol. The van der Waals surface area contributed by atoms with Gasteiger partial charge in [0.15, 0.2) is 0 Å². The number of rotatable bonds is 8. The number of ether oxygens (including phenoxy) is 1. The van der Waals surface area contributed by atoms with E-state index in [0.717, 1.165) is 27.8 Å². The molecule has 176 valence electrons. The summed E-state index contributed by atoms with van der Waals surface area (Å²) in [6.07, 6.45) is -0.835. The average molecular weight is 462 g/mol. The monoisotopic (exact) mass is 461 g/mol. The maximum atomic E-state index is 12.1. The molecule has 4 aromatic rings. The molecule has 34 heavy (non-hydrogen) atoms. The molecular weight excluding hydrogens is 434 g/mol. The van der Waals surface area contributed by atoms with Crippen molar-refractivity contribution in [1.82, 2.24) is 9.13 Å². The summed E-state index contributed by atoms with van der Waals surface area (Å²) in [4.78, 5) is 23.2. The molecule has 0 aliphatic rings. The molecule has 4 rings (SSSR count). The molecule has 0 saturated heterocycles. The Morgan fingerprint density at radius 2 is 1.71 bits per heavy atom. The van der Waals surface area contributed by atoms with Crippen LogP contribution in [0.15, 0.2) is 65.5 Å². The van der Waals surface area contributed by atoms with Gasteiger partial charge in [-0.25, -0.2) is 9.59 Å². The first-order chi connectivity index (χ1) is 16.2. The summed E-state index contributed by atoms with van der Waals surface area (Å²) in [7, 11) is 3.43. The molecule has 0 bridgehead atoms. The number of nitrogens with zero attached hydrogens (tertiary/aromatic N) is 2. The minimum absolute atomic E-state index is 0.0823. The van der Waals surface area contributed by atoms with Crippen molar-refractivity contribution in [3.63, 3.8) is 0 Å². The number of benzene rings is 3. The first-order valence-corrected chi connectivity index (χ1v) is 10.9. The molecule has 0 amide bonds. The highest BCUT2D eigenvalue weighted by Gasteiger charge is 2.13. The normalized spacial score (nSPS) is 12.0. The fourth-order valence-corrected chi connectivity index (χ4v) is 3.90. The fraction of sp³-hybridized carbons (Fsp3) is 0.231. The SMILES string of the molecule is Cc1cc(C(=O)O)ccc1NCc1ccc(OCC(O)c2ccc3c(c2)n(C)c(=O)n3C)cc1. The van der Waals surface area contributed by atoms with E-state index in [-0.39, 0.29) is 17.9 Å². The average Bonchev–Trinajstić information content (AvgIpc) is 3.05. The number of anilines is 1. The zero-order valence-electron chi connectivity index (χ0n) is 19.3. The quantitative estimate of drug-likeness (QED) is 0.370. The lowest BCUT2D eigenvalue weighted by Crippen LogP contribution is -2.19. The van der Waals surface area contributed by atoms with Gasteiger partial charge in [0.1, 0.15) is 18.5 Å². The van der Waals surface area contributed by atoms with Crippen molar-refractivity contribution in [2.45, 2.75) is 19.6 Å². The van der Waals surface area contributed by atoms with E-state index in [1.807, 2.05) is 43.3 Å². The largest absolute Gasteiger partial charge is 0.491 e. The zero-order valence-corrected chi connectivity index (χ0v) is 19.3. The molecule has 3 aromatic carbocycles. The van der Waals surface area contributed by atoms with Crippen LogP contribution in [-0.4, -0.2) is 31.9 Å². The molecule has 8 heteroatoms. The van der Waals surface area contributed by atoms with E-state index in [0.29, 0.717) is 17.9 Å². The summed E-state index contributed by atoms with van der Waals surface area (Å²) in [5.74, 6) is -0.306. The van der Waals surface area contributed by atoms with Crippen LogP contribution in [0, 0.1) is 6.92 Å². The molecular formula is C26H27N3O5. The van der Waals surface area contributed by atoms with Crippen LogP contribution in [0.2, 0.25) is 0 Å². The van der Waals surface area contributed by atoms with Crippen LogP contribution in [0.5, 0.6) is 5.75 Å². The first kappa shape index (κ1) is 23.1. The van der Waals surface area contributed by atoms with Gasteiger partial charge in [-0.15, -0.1) is 0 Å². The minimum atomic E-state index is -0.943. The Labute approximate surface area is 196 Å². The van der Waals surface area contributed by atoms with E-state index in [2.05, 4.69) is 5.32 Å². The number of carboxylic acids is 1. The summed E-state index contributed by atoms with van der Waals surface area (Å²) in [6, 6.07) is 18.0. The van der Waals surface area contributed by atoms with Gasteiger partial charge in [0, 0.05) is 26.3 Å². The van der Waals surface area contributed by atoms with E-state index >= 15 is 0 Å². The molecule has 1 atom stereocenters. The van der Waals surface area contributed by atoms with Crippen molar-refractivity contribution in [2.75, 3.05) is 11.9 Å². The maximum Gasteiger partial charge on any atom is 0.335 e.